The second-order valence-corrected chi connectivity index (χ2v) is 5.97. The van der Waals surface area contributed by atoms with E-state index >= 15 is 0 Å². The zero-order chi connectivity index (χ0) is 12.5. The Kier molecular flexibility index (Phi) is 3.46. The Balaban J connectivity index is 2.39. The van der Waals surface area contributed by atoms with Crippen LogP contribution in [0.5, 0.6) is 0 Å². The van der Waals surface area contributed by atoms with Crippen molar-refractivity contribution >= 4 is 10.0 Å². The van der Waals surface area contributed by atoms with Crippen molar-refractivity contribution in [2.45, 2.75) is 30.3 Å². The van der Waals surface area contributed by atoms with Crippen LogP contribution in [0.25, 0.3) is 0 Å². The molecule has 94 valence electrons. The third kappa shape index (κ3) is 2.34. The number of sulfonamides is 1. The zero-order valence-corrected chi connectivity index (χ0v) is 10.2. The van der Waals surface area contributed by atoms with E-state index in [9.17, 15) is 12.8 Å². The zero-order valence-electron chi connectivity index (χ0n) is 9.34. The summed E-state index contributed by atoms with van der Waals surface area (Å²) < 4.78 is 39.2. The van der Waals surface area contributed by atoms with Gasteiger partial charge in [0.25, 0.3) is 0 Å². The van der Waals surface area contributed by atoms with Gasteiger partial charge in [-0.3, -0.25) is 0 Å². The third-order valence-electron chi connectivity index (χ3n) is 2.92. The molecule has 1 heterocycles. The fourth-order valence-electron chi connectivity index (χ4n) is 2.01. The molecule has 1 fully saturated rings. The largest absolute Gasteiger partial charge is 0.315 e. The van der Waals surface area contributed by atoms with Crippen LogP contribution in [0.15, 0.2) is 29.2 Å². The molecule has 0 amide bonds. The minimum absolute atomic E-state index is 0.294. The highest BCUT2D eigenvalue weighted by atomic mass is 32.2. The average Bonchev–Trinajstić information content (AvgIpc) is 2.29. The summed E-state index contributed by atoms with van der Waals surface area (Å²) in [6.45, 7) is 0.359. The lowest BCUT2D eigenvalue weighted by Gasteiger charge is -2.31. The second kappa shape index (κ2) is 4.72. The number of benzene rings is 1. The molecular formula is C11H15FN2O2S. The predicted octanol–water partition coefficient (Wildman–Crippen LogP) is 1.29. The summed E-state index contributed by atoms with van der Waals surface area (Å²) in [7, 11) is -3.81. The van der Waals surface area contributed by atoms with E-state index in [-0.39, 0.29) is 4.90 Å². The number of hydrogen-bond donors (Lipinski definition) is 1. The molecular weight excluding hydrogens is 243 g/mol. The van der Waals surface area contributed by atoms with Gasteiger partial charge in [-0.15, -0.1) is 0 Å². The molecule has 1 aromatic rings. The molecule has 0 spiro atoms. The standard InChI is InChI=1S/C11H15FN2O2S/c12-9-5-1-2-6-10(9)17(15,16)14-8-4-3-7-11(14)13/h1-2,5-6,11H,3-4,7-8,13H2. The molecule has 1 aliphatic heterocycles. The van der Waals surface area contributed by atoms with Crippen LogP contribution in [0.1, 0.15) is 19.3 Å². The van der Waals surface area contributed by atoms with Crippen molar-refractivity contribution < 1.29 is 12.8 Å². The van der Waals surface area contributed by atoms with Crippen LogP contribution in [0, 0.1) is 5.82 Å². The van der Waals surface area contributed by atoms with Gasteiger partial charge in [-0.1, -0.05) is 12.1 Å². The lowest BCUT2D eigenvalue weighted by atomic mass is 10.1. The second-order valence-electron chi connectivity index (χ2n) is 4.11. The minimum Gasteiger partial charge on any atom is -0.315 e. The number of hydrogen-bond acceptors (Lipinski definition) is 3. The first-order valence-corrected chi connectivity index (χ1v) is 6.99. The van der Waals surface area contributed by atoms with Gasteiger partial charge in [-0.25, -0.2) is 12.8 Å². The molecule has 0 aromatic heterocycles. The number of nitrogens with two attached hydrogens (primary N) is 1. The number of halogens is 1. The fraction of sp³-hybridized carbons (Fsp3) is 0.455. The molecule has 0 saturated carbocycles. The van der Waals surface area contributed by atoms with Crippen molar-refractivity contribution in [3.05, 3.63) is 30.1 Å². The quantitative estimate of drug-likeness (QED) is 0.869. The monoisotopic (exact) mass is 258 g/mol. The molecule has 0 aliphatic carbocycles. The van der Waals surface area contributed by atoms with Crippen molar-refractivity contribution in [2.24, 2.45) is 5.73 Å². The van der Waals surface area contributed by atoms with E-state index < -0.39 is 22.0 Å². The molecule has 17 heavy (non-hydrogen) atoms. The van der Waals surface area contributed by atoms with Crippen LogP contribution in [0.3, 0.4) is 0 Å². The Bertz CT molecular complexity index is 504. The van der Waals surface area contributed by atoms with E-state index in [4.69, 9.17) is 5.73 Å². The first-order chi connectivity index (χ1) is 8.03. The van der Waals surface area contributed by atoms with Crippen LogP contribution in [-0.4, -0.2) is 25.4 Å². The van der Waals surface area contributed by atoms with Gasteiger partial charge in [0.1, 0.15) is 10.7 Å². The molecule has 1 saturated heterocycles. The number of rotatable bonds is 2. The molecule has 1 atom stereocenters. The normalized spacial score (nSPS) is 22.6. The van der Waals surface area contributed by atoms with E-state index in [0.717, 1.165) is 18.9 Å². The van der Waals surface area contributed by atoms with Crippen LogP contribution in [-0.2, 0) is 10.0 Å². The molecule has 1 aliphatic rings. The van der Waals surface area contributed by atoms with Gasteiger partial charge in [0, 0.05) is 6.54 Å². The van der Waals surface area contributed by atoms with Crippen LogP contribution >= 0.6 is 0 Å². The molecule has 0 bridgehead atoms. The van der Waals surface area contributed by atoms with Gasteiger partial charge in [-0.2, -0.15) is 4.31 Å². The van der Waals surface area contributed by atoms with Crippen molar-refractivity contribution in [1.29, 1.82) is 0 Å². The molecule has 1 unspecified atom stereocenters. The summed E-state index contributed by atoms with van der Waals surface area (Å²) in [6.07, 6.45) is 1.74. The predicted molar refractivity (Wildman–Crippen MR) is 62.1 cm³/mol. The summed E-state index contributed by atoms with van der Waals surface area (Å²) in [5, 5.41) is 0. The first kappa shape index (κ1) is 12.5. The highest BCUT2D eigenvalue weighted by Gasteiger charge is 2.32. The molecule has 2 N–H and O–H groups in total. The molecule has 0 radical (unpaired) electrons. The van der Waals surface area contributed by atoms with Gasteiger partial charge >= 0.3 is 0 Å². The van der Waals surface area contributed by atoms with E-state index in [0.29, 0.717) is 13.0 Å². The fourth-order valence-corrected chi connectivity index (χ4v) is 3.66. The summed E-state index contributed by atoms with van der Waals surface area (Å²) >= 11 is 0. The maximum absolute atomic E-state index is 13.5. The van der Waals surface area contributed by atoms with Crippen LogP contribution in [0.2, 0.25) is 0 Å². The Morgan fingerprint density at radius 1 is 1.29 bits per heavy atom. The molecule has 4 nitrogen and oxygen atoms in total. The van der Waals surface area contributed by atoms with Gasteiger partial charge in [-0.05, 0) is 31.4 Å². The highest BCUT2D eigenvalue weighted by molar-refractivity contribution is 7.89. The maximum atomic E-state index is 13.5. The SMILES string of the molecule is NC1CCCCN1S(=O)(=O)c1ccccc1F. The molecule has 2 rings (SSSR count). The van der Waals surface area contributed by atoms with E-state index in [1.807, 2.05) is 0 Å². The van der Waals surface area contributed by atoms with Gasteiger partial charge in [0.2, 0.25) is 10.0 Å². The Labute approximate surface area is 100 Å². The number of nitrogens with zero attached hydrogens (tertiary/aromatic N) is 1. The smallest absolute Gasteiger partial charge is 0.247 e. The minimum atomic E-state index is -3.81. The van der Waals surface area contributed by atoms with Crippen molar-refractivity contribution in [2.75, 3.05) is 6.54 Å². The highest BCUT2D eigenvalue weighted by Crippen LogP contribution is 2.24. The lowest BCUT2D eigenvalue weighted by Crippen LogP contribution is -2.48. The van der Waals surface area contributed by atoms with Gasteiger partial charge in [0.05, 0.1) is 6.17 Å². The third-order valence-corrected chi connectivity index (χ3v) is 4.88. The summed E-state index contributed by atoms with van der Waals surface area (Å²) in [5.41, 5.74) is 5.78. The average molecular weight is 258 g/mol. The Hall–Kier alpha value is -0.980. The summed E-state index contributed by atoms with van der Waals surface area (Å²) in [5.74, 6) is -0.731. The topological polar surface area (TPSA) is 63.4 Å². The van der Waals surface area contributed by atoms with E-state index in [1.165, 1.54) is 22.5 Å². The van der Waals surface area contributed by atoms with Gasteiger partial charge in [0.15, 0.2) is 0 Å². The molecule has 1 aromatic carbocycles. The molecule has 6 heteroatoms. The number of piperidine rings is 1. The summed E-state index contributed by atoms with van der Waals surface area (Å²) in [4.78, 5) is -0.294. The Morgan fingerprint density at radius 3 is 2.65 bits per heavy atom. The first-order valence-electron chi connectivity index (χ1n) is 5.55. The van der Waals surface area contributed by atoms with Gasteiger partial charge < -0.3 is 5.73 Å². The van der Waals surface area contributed by atoms with E-state index in [1.54, 1.807) is 0 Å². The van der Waals surface area contributed by atoms with Crippen LogP contribution < -0.4 is 5.73 Å². The maximum Gasteiger partial charge on any atom is 0.247 e. The summed E-state index contributed by atoms with van der Waals surface area (Å²) in [6, 6.07) is 5.38. The van der Waals surface area contributed by atoms with Crippen LogP contribution in [0.4, 0.5) is 4.39 Å². The Morgan fingerprint density at radius 2 is 2.00 bits per heavy atom. The van der Waals surface area contributed by atoms with E-state index in [2.05, 4.69) is 0 Å². The lowest BCUT2D eigenvalue weighted by molar-refractivity contribution is 0.257. The van der Waals surface area contributed by atoms with Crippen molar-refractivity contribution in [3.8, 4) is 0 Å². The van der Waals surface area contributed by atoms with Crippen molar-refractivity contribution in [3.63, 3.8) is 0 Å². The van der Waals surface area contributed by atoms with Crippen molar-refractivity contribution in [1.82, 2.24) is 4.31 Å².